The van der Waals surface area contributed by atoms with Gasteiger partial charge >= 0.3 is 5.82 Å². The summed E-state index contributed by atoms with van der Waals surface area (Å²) in [6.45, 7) is 1.73. The molecule has 0 aliphatic heterocycles. The Kier molecular flexibility index (Phi) is 3.44. The van der Waals surface area contributed by atoms with Crippen LogP contribution in [0.4, 0.5) is 11.6 Å². The molecule has 1 N–H and O–H groups in total. The molecule has 118 valence electrons. The number of hydrogen-bond donors (Lipinski definition) is 1. The molecule has 11 heteroatoms. The SMILES string of the molecule is CCC(=O)Nc1ccc2nnc(-c3ncc([N+](=O)[O-])n3C)n2n1. The molecule has 0 fully saturated rings. The highest BCUT2D eigenvalue weighted by molar-refractivity contribution is 5.89. The van der Waals surface area contributed by atoms with Crippen LogP contribution in [0.1, 0.15) is 13.3 Å². The predicted octanol–water partition coefficient (Wildman–Crippen LogP) is 0.781. The molecule has 0 atom stereocenters. The highest BCUT2D eigenvalue weighted by Gasteiger charge is 2.23. The monoisotopic (exact) mass is 316 g/mol. The first-order valence-electron chi connectivity index (χ1n) is 6.70. The molecular formula is C12H12N8O3. The lowest BCUT2D eigenvalue weighted by Crippen LogP contribution is -2.12. The summed E-state index contributed by atoms with van der Waals surface area (Å²) in [5.74, 6) is 0.458. The second-order valence-electron chi connectivity index (χ2n) is 4.67. The third-order valence-electron chi connectivity index (χ3n) is 3.20. The lowest BCUT2D eigenvalue weighted by atomic mass is 10.4. The molecule has 0 unspecified atom stereocenters. The van der Waals surface area contributed by atoms with Gasteiger partial charge in [0.05, 0.1) is 7.05 Å². The first kappa shape index (κ1) is 14.6. The van der Waals surface area contributed by atoms with Crippen molar-refractivity contribution in [2.24, 2.45) is 7.05 Å². The number of nitrogens with one attached hydrogen (secondary N) is 1. The molecule has 0 radical (unpaired) electrons. The maximum absolute atomic E-state index is 11.5. The van der Waals surface area contributed by atoms with E-state index < -0.39 is 4.92 Å². The highest BCUT2D eigenvalue weighted by Crippen LogP contribution is 2.21. The molecule has 0 saturated carbocycles. The first-order chi connectivity index (χ1) is 11.0. The van der Waals surface area contributed by atoms with E-state index in [0.717, 1.165) is 6.20 Å². The average Bonchev–Trinajstić information content (AvgIpc) is 3.10. The summed E-state index contributed by atoms with van der Waals surface area (Å²) in [4.78, 5) is 25.8. The van der Waals surface area contributed by atoms with Crippen LogP contribution in [-0.4, -0.2) is 40.2 Å². The Morgan fingerprint density at radius 2 is 2.13 bits per heavy atom. The van der Waals surface area contributed by atoms with Crippen molar-refractivity contribution in [3.63, 3.8) is 0 Å². The second-order valence-corrected chi connectivity index (χ2v) is 4.67. The molecule has 3 rings (SSSR count). The van der Waals surface area contributed by atoms with Crippen LogP contribution in [-0.2, 0) is 11.8 Å². The van der Waals surface area contributed by atoms with Crippen LogP contribution in [0.5, 0.6) is 0 Å². The molecule has 11 nitrogen and oxygen atoms in total. The number of carbonyl (C=O) groups excluding carboxylic acids is 1. The topological polar surface area (TPSA) is 133 Å². The lowest BCUT2D eigenvalue weighted by Gasteiger charge is -2.03. The summed E-state index contributed by atoms with van der Waals surface area (Å²) in [5, 5.41) is 25.7. The van der Waals surface area contributed by atoms with Gasteiger partial charge in [-0.1, -0.05) is 6.92 Å². The van der Waals surface area contributed by atoms with Gasteiger partial charge in [-0.15, -0.1) is 15.3 Å². The minimum absolute atomic E-state index is 0.174. The van der Waals surface area contributed by atoms with E-state index in [1.165, 1.54) is 16.1 Å². The fourth-order valence-electron chi connectivity index (χ4n) is 2.00. The van der Waals surface area contributed by atoms with Crippen LogP contribution < -0.4 is 5.32 Å². The van der Waals surface area contributed by atoms with Gasteiger partial charge in [-0.3, -0.25) is 4.79 Å². The molecule has 23 heavy (non-hydrogen) atoms. The van der Waals surface area contributed by atoms with E-state index in [9.17, 15) is 14.9 Å². The van der Waals surface area contributed by atoms with Gasteiger partial charge in [-0.25, -0.2) is 9.55 Å². The van der Waals surface area contributed by atoms with Crippen LogP contribution in [0, 0.1) is 10.1 Å². The fourth-order valence-corrected chi connectivity index (χ4v) is 2.00. The number of fused-ring (bicyclic) bond motifs is 1. The zero-order valence-electron chi connectivity index (χ0n) is 12.3. The molecule has 0 aromatic carbocycles. The van der Waals surface area contributed by atoms with Crippen molar-refractivity contribution in [2.75, 3.05) is 5.32 Å². The van der Waals surface area contributed by atoms with Crippen molar-refractivity contribution >= 4 is 23.2 Å². The minimum atomic E-state index is -0.542. The standard InChI is InChI=1S/C12H12N8O3/c1-3-9(21)14-7-4-5-8-15-16-12(19(8)17-7)11-13-6-10(18(11)2)20(22)23/h4-6H,3H2,1-2H3,(H,14,17,21). The number of aromatic nitrogens is 6. The number of nitrogens with zero attached hydrogens (tertiary/aromatic N) is 7. The summed E-state index contributed by atoms with van der Waals surface area (Å²) in [5.41, 5.74) is 0.431. The summed E-state index contributed by atoms with van der Waals surface area (Å²) in [6, 6.07) is 3.23. The minimum Gasteiger partial charge on any atom is -0.358 e. The Hall–Kier alpha value is -3.37. The molecule has 1 amide bonds. The molecule has 3 aromatic rings. The van der Waals surface area contributed by atoms with Crippen LogP contribution in [0.3, 0.4) is 0 Å². The van der Waals surface area contributed by atoms with Crippen molar-refractivity contribution in [1.29, 1.82) is 0 Å². The van der Waals surface area contributed by atoms with Gasteiger partial charge in [0.25, 0.3) is 5.82 Å². The summed E-state index contributed by atoms with van der Waals surface area (Å²) < 4.78 is 2.66. The van der Waals surface area contributed by atoms with Crippen molar-refractivity contribution in [3.05, 3.63) is 28.4 Å². The summed E-state index contributed by atoms with van der Waals surface area (Å²) in [7, 11) is 1.50. The number of amides is 1. The Morgan fingerprint density at radius 3 is 2.78 bits per heavy atom. The second kappa shape index (κ2) is 5.44. The van der Waals surface area contributed by atoms with E-state index in [2.05, 4.69) is 25.6 Å². The highest BCUT2D eigenvalue weighted by atomic mass is 16.6. The van der Waals surface area contributed by atoms with Crippen molar-refractivity contribution < 1.29 is 9.72 Å². The first-order valence-corrected chi connectivity index (χ1v) is 6.70. The van der Waals surface area contributed by atoms with E-state index >= 15 is 0 Å². The van der Waals surface area contributed by atoms with E-state index in [4.69, 9.17) is 0 Å². The van der Waals surface area contributed by atoms with Gasteiger partial charge in [0, 0.05) is 6.42 Å². The maximum atomic E-state index is 11.5. The molecule has 0 saturated heterocycles. The van der Waals surface area contributed by atoms with Gasteiger partial charge in [-0.05, 0) is 17.1 Å². The summed E-state index contributed by atoms with van der Waals surface area (Å²) >= 11 is 0. The number of rotatable bonds is 4. The van der Waals surface area contributed by atoms with E-state index in [1.54, 1.807) is 19.1 Å². The average molecular weight is 316 g/mol. The van der Waals surface area contributed by atoms with Gasteiger partial charge < -0.3 is 15.4 Å². The lowest BCUT2D eigenvalue weighted by molar-refractivity contribution is -0.391. The van der Waals surface area contributed by atoms with Crippen molar-refractivity contribution in [2.45, 2.75) is 13.3 Å². The van der Waals surface area contributed by atoms with Crippen LogP contribution in [0.25, 0.3) is 17.3 Å². The number of imidazole rings is 1. The van der Waals surface area contributed by atoms with Crippen LogP contribution in [0.2, 0.25) is 0 Å². The largest absolute Gasteiger partial charge is 0.358 e. The van der Waals surface area contributed by atoms with Crippen LogP contribution in [0.15, 0.2) is 18.3 Å². The quantitative estimate of drug-likeness (QED) is 0.555. The van der Waals surface area contributed by atoms with Crippen LogP contribution >= 0.6 is 0 Å². The zero-order chi connectivity index (χ0) is 16.6. The predicted molar refractivity (Wildman–Crippen MR) is 78.6 cm³/mol. The fraction of sp³-hybridized carbons (Fsp3) is 0.250. The number of carbonyl (C=O) groups is 1. The molecule has 0 spiro atoms. The molecule has 3 heterocycles. The maximum Gasteiger partial charge on any atom is 0.343 e. The van der Waals surface area contributed by atoms with Gasteiger partial charge in [-0.2, -0.15) is 4.52 Å². The third kappa shape index (κ3) is 2.47. The van der Waals surface area contributed by atoms with Crippen molar-refractivity contribution in [1.82, 2.24) is 29.4 Å². The zero-order valence-corrected chi connectivity index (χ0v) is 12.3. The molecule has 0 aliphatic rings. The number of nitro groups is 1. The Bertz CT molecular complexity index is 912. The Labute approximate surface area is 129 Å². The van der Waals surface area contributed by atoms with Gasteiger partial charge in [0.15, 0.2) is 11.5 Å². The Balaban J connectivity index is 2.09. The smallest absolute Gasteiger partial charge is 0.343 e. The van der Waals surface area contributed by atoms with E-state index in [1.807, 2.05) is 0 Å². The molecule has 3 aromatic heterocycles. The number of anilines is 1. The molecule has 0 bridgehead atoms. The molecular weight excluding hydrogens is 304 g/mol. The van der Waals surface area contributed by atoms with E-state index in [0.29, 0.717) is 17.9 Å². The van der Waals surface area contributed by atoms with Gasteiger partial charge in [0.1, 0.15) is 6.20 Å². The molecule has 0 aliphatic carbocycles. The van der Waals surface area contributed by atoms with Gasteiger partial charge in [0.2, 0.25) is 11.7 Å². The number of hydrogen-bond acceptors (Lipinski definition) is 7. The summed E-state index contributed by atoms with van der Waals surface area (Å²) in [6.07, 6.45) is 1.46. The Morgan fingerprint density at radius 1 is 1.35 bits per heavy atom. The third-order valence-corrected chi connectivity index (χ3v) is 3.20. The normalized spacial score (nSPS) is 10.9. The van der Waals surface area contributed by atoms with Crippen molar-refractivity contribution in [3.8, 4) is 11.6 Å². The van der Waals surface area contributed by atoms with E-state index in [-0.39, 0.29) is 23.4 Å².